The number of aliphatic hydroxyl groups excluding tert-OH is 1. The molecule has 0 spiro atoms. The van der Waals surface area contributed by atoms with Crippen LogP contribution in [0.4, 0.5) is 5.82 Å². The number of carbonyl (C=O) groups excluding carboxylic acids is 2. The van der Waals surface area contributed by atoms with Crippen LogP contribution in [0.2, 0.25) is 0 Å². The van der Waals surface area contributed by atoms with E-state index >= 15 is 0 Å². The predicted octanol–water partition coefficient (Wildman–Crippen LogP) is 2.17. The average molecular weight is 553 g/mol. The molecule has 3 aromatic rings. The Balaban J connectivity index is 1.38. The molecule has 4 N–H and O–H groups in total. The lowest BCUT2D eigenvalue weighted by Crippen LogP contribution is -2.38. The van der Waals surface area contributed by atoms with Crippen molar-refractivity contribution in [2.75, 3.05) is 12.0 Å². The lowest BCUT2D eigenvalue weighted by atomic mass is 9.93. The number of nitrogens with one attached hydrogen (secondary N) is 1. The first-order chi connectivity index (χ1) is 18.5. The molecule has 2 aromatic heterocycles. The summed E-state index contributed by atoms with van der Waals surface area (Å²) in [6.45, 7) is 2.36. The number of hydrogen-bond acceptors (Lipinski definition) is 8. The molecule has 0 radical (unpaired) electrons. The number of nitrogens with zero attached hydrogens (tertiary/aromatic N) is 4. The normalized spacial score (nSPS) is 22.2. The molecule has 2 saturated carbocycles. The van der Waals surface area contributed by atoms with Crippen molar-refractivity contribution in [3.05, 3.63) is 41.1 Å². The molecular weight excluding hydrogens is 520 g/mol. The van der Waals surface area contributed by atoms with Crippen molar-refractivity contribution < 1.29 is 23.1 Å². The van der Waals surface area contributed by atoms with Gasteiger partial charge in [-0.3, -0.25) is 9.59 Å². The number of nitrogens with two attached hydrogens (primary N) is 1. The highest BCUT2D eigenvalue weighted by molar-refractivity contribution is 7.90. The monoisotopic (exact) mass is 552 g/mol. The van der Waals surface area contributed by atoms with Crippen molar-refractivity contribution in [3.63, 3.8) is 0 Å². The Hall–Kier alpha value is -3.51. The average Bonchev–Trinajstić information content (AvgIpc) is 3.61. The van der Waals surface area contributed by atoms with Crippen LogP contribution in [0.3, 0.4) is 0 Å². The number of amides is 2. The van der Waals surface area contributed by atoms with Gasteiger partial charge in [0, 0.05) is 36.6 Å². The molecule has 2 aliphatic carbocycles. The minimum absolute atomic E-state index is 0.0161. The maximum atomic E-state index is 13.3. The summed E-state index contributed by atoms with van der Waals surface area (Å²) in [7, 11) is -3.72. The second kappa shape index (κ2) is 9.30. The summed E-state index contributed by atoms with van der Waals surface area (Å²) in [5.41, 5.74) is 8.36. The predicted molar refractivity (Wildman–Crippen MR) is 144 cm³/mol. The van der Waals surface area contributed by atoms with Gasteiger partial charge in [0.05, 0.1) is 22.3 Å². The van der Waals surface area contributed by atoms with E-state index in [9.17, 15) is 23.1 Å². The van der Waals surface area contributed by atoms with Gasteiger partial charge in [-0.25, -0.2) is 17.9 Å². The summed E-state index contributed by atoms with van der Waals surface area (Å²) >= 11 is 0. The molecule has 0 saturated heterocycles. The first-order valence-electron chi connectivity index (χ1n) is 13.3. The SMILES string of the molecule is CC(C1CC1)N1Cc2cc(-c3ccn4nc(N)c(C(=O)NC5CCC(O)CC5)c4n3)cc(S(C)(=O)=O)c2C1=O. The number of hydrogen-bond donors (Lipinski definition) is 3. The maximum absolute atomic E-state index is 13.3. The Bertz CT molecular complexity index is 1600. The number of aliphatic hydroxyl groups is 1. The van der Waals surface area contributed by atoms with Gasteiger partial charge in [0.15, 0.2) is 21.3 Å². The van der Waals surface area contributed by atoms with Crippen LogP contribution in [0.25, 0.3) is 16.9 Å². The lowest BCUT2D eigenvalue weighted by molar-refractivity contribution is 0.0694. The number of sulfone groups is 1. The number of carbonyl (C=O) groups is 2. The standard InChI is InChI=1S/C27H32N6O5S/c1-14(15-3-4-15)32-13-17-11-16(12-21(39(2,37)38)22(17)27(32)36)20-9-10-33-25(30-20)23(24(28)31-33)26(35)29-18-5-7-19(34)8-6-18/h9-12,14-15,18-19,34H,3-8,13H2,1-2H3,(H2,28,31)(H,29,35). The third-order valence-corrected chi connectivity index (χ3v) is 9.38. The number of fused-ring (bicyclic) bond motifs is 2. The zero-order valence-corrected chi connectivity index (χ0v) is 22.7. The topological polar surface area (TPSA) is 160 Å². The molecule has 1 aromatic carbocycles. The zero-order chi connectivity index (χ0) is 27.6. The van der Waals surface area contributed by atoms with E-state index in [0.29, 0.717) is 55.0 Å². The maximum Gasteiger partial charge on any atom is 0.259 e. The first-order valence-corrected chi connectivity index (χ1v) is 15.2. The van der Waals surface area contributed by atoms with Crippen molar-refractivity contribution in [1.29, 1.82) is 0 Å². The van der Waals surface area contributed by atoms with Crippen LogP contribution in [-0.4, -0.2) is 69.3 Å². The Labute approximate surface area is 226 Å². The van der Waals surface area contributed by atoms with Crippen molar-refractivity contribution in [2.45, 2.75) is 75.1 Å². The highest BCUT2D eigenvalue weighted by Gasteiger charge is 2.41. The molecule has 0 bridgehead atoms. The Morgan fingerprint density at radius 2 is 1.90 bits per heavy atom. The van der Waals surface area contributed by atoms with Gasteiger partial charge in [0.2, 0.25) is 0 Å². The smallest absolute Gasteiger partial charge is 0.259 e. The second-order valence-electron chi connectivity index (χ2n) is 11.1. The molecule has 2 fully saturated rings. The largest absolute Gasteiger partial charge is 0.393 e. The summed E-state index contributed by atoms with van der Waals surface area (Å²) in [5, 5.41) is 17.0. The molecule has 12 heteroatoms. The van der Waals surface area contributed by atoms with Crippen molar-refractivity contribution in [1.82, 2.24) is 24.8 Å². The van der Waals surface area contributed by atoms with Crippen LogP contribution in [0.1, 0.15) is 71.7 Å². The highest BCUT2D eigenvalue weighted by atomic mass is 32.2. The summed E-state index contributed by atoms with van der Waals surface area (Å²) in [6, 6.07) is 4.94. The van der Waals surface area contributed by atoms with Gasteiger partial charge in [-0.15, -0.1) is 5.10 Å². The fraction of sp³-hybridized carbons (Fsp3) is 0.481. The highest BCUT2D eigenvalue weighted by Crippen LogP contribution is 2.40. The zero-order valence-electron chi connectivity index (χ0n) is 21.9. The van der Waals surface area contributed by atoms with Crippen molar-refractivity contribution in [2.24, 2.45) is 5.92 Å². The van der Waals surface area contributed by atoms with Crippen LogP contribution in [0.5, 0.6) is 0 Å². The number of benzene rings is 1. The molecule has 3 heterocycles. The van der Waals surface area contributed by atoms with Gasteiger partial charge in [0.25, 0.3) is 11.8 Å². The number of anilines is 1. The third kappa shape index (κ3) is 4.65. The van der Waals surface area contributed by atoms with Crippen LogP contribution >= 0.6 is 0 Å². The molecule has 39 heavy (non-hydrogen) atoms. The molecule has 1 atom stereocenters. The Morgan fingerprint density at radius 1 is 1.18 bits per heavy atom. The van der Waals surface area contributed by atoms with E-state index in [1.807, 2.05) is 13.0 Å². The number of aromatic nitrogens is 3. The minimum Gasteiger partial charge on any atom is -0.393 e. The van der Waals surface area contributed by atoms with Gasteiger partial charge in [0.1, 0.15) is 5.56 Å². The molecule has 2 amide bonds. The minimum atomic E-state index is -3.72. The summed E-state index contributed by atoms with van der Waals surface area (Å²) < 4.78 is 27.1. The van der Waals surface area contributed by atoms with E-state index < -0.39 is 15.7 Å². The van der Waals surface area contributed by atoms with E-state index in [1.54, 1.807) is 17.2 Å². The summed E-state index contributed by atoms with van der Waals surface area (Å²) in [6.07, 6.45) is 7.12. The lowest BCUT2D eigenvalue weighted by Gasteiger charge is -2.26. The van der Waals surface area contributed by atoms with Gasteiger partial charge in [-0.1, -0.05) is 0 Å². The molecule has 6 rings (SSSR count). The molecule has 1 unspecified atom stereocenters. The van der Waals surface area contributed by atoms with Crippen LogP contribution in [0.15, 0.2) is 29.3 Å². The molecular formula is C27H32N6O5S. The van der Waals surface area contributed by atoms with E-state index in [4.69, 9.17) is 5.73 Å². The van der Waals surface area contributed by atoms with Gasteiger partial charge in [-0.2, -0.15) is 0 Å². The van der Waals surface area contributed by atoms with E-state index in [0.717, 1.165) is 19.1 Å². The van der Waals surface area contributed by atoms with Crippen molar-refractivity contribution in [3.8, 4) is 11.3 Å². The second-order valence-corrected chi connectivity index (χ2v) is 13.1. The summed E-state index contributed by atoms with van der Waals surface area (Å²) in [4.78, 5) is 33.0. The molecule has 11 nitrogen and oxygen atoms in total. The summed E-state index contributed by atoms with van der Waals surface area (Å²) in [5.74, 6) is -0.162. The van der Waals surface area contributed by atoms with E-state index in [-0.39, 0.29) is 51.6 Å². The molecule has 1 aliphatic heterocycles. The Kier molecular flexibility index (Phi) is 6.14. The van der Waals surface area contributed by atoms with Gasteiger partial charge < -0.3 is 21.1 Å². The first kappa shape index (κ1) is 25.8. The van der Waals surface area contributed by atoms with Gasteiger partial charge in [-0.05, 0) is 75.1 Å². The third-order valence-electron chi connectivity index (χ3n) is 8.26. The fourth-order valence-electron chi connectivity index (χ4n) is 5.84. The van der Waals surface area contributed by atoms with E-state index in [1.165, 1.54) is 10.6 Å². The van der Waals surface area contributed by atoms with E-state index in [2.05, 4.69) is 15.4 Å². The van der Waals surface area contributed by atoms with Crippen molar-refractivity contribution >= 4 is 33.1 Å². The van der Waals surface area contributed by atoms with Crippen LogP contribution < -0.4 is 11.1 Å². The quantitative estimate of drug-likeness (QED) is 0.419. The van der Waals surface area contributed by atoms with Crippen LogP contribution in [0, 0.1) is 5.92 Å². The Morgan fingerprint density at radius 3 is 2.56 bits per heavy atom. The number of rotatable bonds is 6. The molecule has 3 aliphatic rings. The van der Waals surface area contributed by atoms with Crippen LogP contribution in [-0.2, 0) is 16.4 Å². The van der Waals surface area contributed by atoms with Gasteiger partial charge >= 0.3 is 0 Å². The number of nitrogen functional groups attached to an aromatic ring is 1. The molecule has 206 valence electrons. The fourth-order valence-corrected chi connectivity index (χ4v) is 6.77.